The summed E-state index contributed by atoms with van der Waals surface area (Å²) in [6, 6.07) is 0.308. The molecule has 0 heterocycles. The quantitative estimate of drug-likeness (QED) is 0.488. The van der Waals surface area contributed by atoms with E-state index in [9.17, 15) is 0 Å². The van der Waals surface area contributed by atoms with Gasteiger partial charge in [-0.1, -0.05) is 31.6 Å². The second-order valence-corrected chi connectivity index (χ2v) is 3.68. The molecule has 1 fully saturated rings. The zero-order valence-electron chi connectivity index (χ0n) is 7.97. The molecule has 1 aliphatic rings. The van der Waals surface area contributed by atoms with Crippen LogP contribution in [-0.4, -0.2) is 13.1 Å². The van der Waals surface area contributed by atoms with Crippen molar-refractivity contribution in [2.75, 3.05) is 7.05 Å². The molecule has 0 bridgehead atoms. The number of nitrogens with one attached hydrogen (secondary N) is 1. The van der Waals surface area contributed by atoms with Gasteiger partial charge in [-0.3, -0.25) is 0 Å². The van der Waals surface area contributed by atoms with Crippen LogP contribution in [0.15, 0.2) is 0 Å². The number of terminal acetylenes is 1. The lowest BCUT2D eigenvalue weighted by atomic mass is 9.92. The summed E-state index contributed by atoms with van der Waals surface area (Å²) in [7, 11) is 1.97. The third-order valence-electron chi connectivity index (χ3n) is 2.86. The molecule has 0 aromatic carbocycles. The fourth-order valence-corrected chi connectivity index (χ4v) is 2.10. The first-order valence-electron chi connectivity index (χ1n) is 5.02. The Kier molecular flexibility index (Phi) is 4.18. The van der Waals surface area contributed by atoms with Crippen LogP contribution < -0.4 is 5.32 Å². The molecule has 1 heteroatoms. The van der Waals surface area contributed by atoms with Gasteiger partial charge in [0.25, 0.3) is 0 Å². The van der Waals surface area contributed by atoms with Crippen molar-refractivity contribution in [2.45, 2.75) is 44.6 Å². The molecule has 0 amide bonds. The predicted molar refractivity (Wildman–Crippen MR) is 52.9 cm³/mol. The van der Waals surface area contributed by atoms with Gasteiger partial charge >= 0.3 is 0 Å². The van der Waals surface area contributed by atoms with Crippen molar-refractivity contribution < 1.29 is 0 Å². The first-order valence-corrected chi connectivity index (χ1v) is 5.02. The molecule has 1 N–H and O–H groups in total. The minimum absolute atomic E-state index is 0.308. The van der Waals surface area contributed by atoms with Crippen LogP contribution in [0.3, 0.4) is 0 Å². The molecule has 1 saturated carbocycles. The van der Waals surface area contributed by atoms with Gasteiger partial charge in [-0.05, 0) is 25.8 Å². The Morgan fingerprint density at radius 3 is 2.25 bits per heavy atom. The van der Waals surface area contributed by atoms with Crippen molar-refractivity contribution in [1.82, 2.24) is 5.32 Å². The summed E-state index contributed by atoms with van der Waals surface area (Å²) in [5.41, 5.74) is 0. The molecule has 1 aliphatic carbocycles. The van der Waals surface area contributed by atoms with Crippen LogP contribution in [0.1, 0.15) is 38.5 Å². The summed E-state index contributed by atoms with van der Waals surface area (Å²) in [5, 5.41) is 3.21. The highest BCUT2D eigenvalue weighted by atomic mass is 14.9. The Morgan fingerprint density at radius 1 is 1.25 bits per heavy atom. The summed E-state index contributed by atoms with van der Waals surface area (Å²) in [5.74, 6) is 3.56. The average molecular weight is 165 g/mol. The van der Waals surface area contributed by atoms with Crippen molar-refractivity contribution >= 4 is 0 Å². The van der Waals surface area contributed by atoms with Crippen LogP contribution in [0.2, 0.25) is 0 Å². The van der Waals surface area contributed by atoms with E-state index in [2.05, 4.69) is 11.2 Å². The van der Waals surface area contributed by atoms with Crippen molar-refractivity contribution in [1.29, 1.82) is 0 Å². The van der Waals surface area contributed by atoms with Crippen LogP contribution in [0.25, 0.3) is 0 Å². The number of rotatable bonds is 2. The maximum atomic E-state index is 5.45. The van der Waals surface area contributed by atoms with Gasteiger partial charge in [-0.15, -0.1) is 6.42 Å². The predicted octanol–water partition coefficient (Wildman–Crippen LogP) is 2.18. The Hall–Kier alpha value is -0.480. The summed E-state index contributed by atoms with van der Waals surface area (Å²) < 4.78 is 0. The van der Waals surface area contributed by atoms with Crippen LogP contribution >= 0.6 is 0 Å². The smallest absolute Gasteiger partial charge is 0.0713 e. The van der Waals surface area contributed by atoms with Gasteiger partial charge in [0.2, 0.25) is 0 Å². The largest absolute Gasteiger partial charge is 0.307 e. The van der Waals surface area contributed by atoms with Gasteiger partial charge in [0, 0.05) is 0 Å². The molecule has 0 spiro atoms. The van der Waals surface area contributed by atoms with Gasteiger partial charge in [0.15, 0.2) is 0 Å². The molecule has 0 aliphatic heterocycles. The van der Waals surface area contributed by atoms with Crippen LogP contribution in [-0.2, 0) is 0 Å². The highest BCUT2D eigenvalue weighted by Crippen LogP contribution is 2.25. The molecular formula is C11H19N. The normalized spacial score (nSPS) is 22.7. The van der Waals surface area contributed by atoms with E-state index in [0.29, 0.717) is 6.04 Å². The third kappa shape index (κ3) is 2.53. The molecule has 1 unspecified atom stereocenters. The fourth-order valence-electron chi connectivity index (χ4n) is 2.10. The molecule has 0 saturated heterocycles. The first kappa shape index (κ1) is 9.61. The van der Waals surface area contributed by atoms with Gasteiger partial charge in [-0.2, -0.15) is 0 Å². The van der Waals surface area contributed by atoms with Crippen molar-refractivity contribution in [3.63, 3.8) is 0 Å². The SMILES string of the molecule is C#CC(NC)C1CCCCCC1. The van der Waals surface area contributed by atoms with Gasteiger partial charge in [-0.25, -0.2) is 0 Å². The van der Waals surface area contributed by atoms with E-state index < -0.39 is 0 Å². The monoisotopic (exact) mass is 165 g/mol. The zero-order chi connectivity index (χ0) is 8.81. The molecule has 0 radical (unpaired) electrons. The second kappa shape index (κ2) is 5.22. The summed E-state index contributed by atoms with van der Waals surface area (Å²) in [4.78, 5) is 0. The lowest BCUT2D eigenvalue weighted by molar-refractivity contribution is 0.389. The molecule has 1 nitrogen and oxygen atoms in total. The van der Waals surface area contributed by atoms with Crippen LogP contribution in [0, 0.1) is 18.3 Å². The minimum Gasteiger partial charge on any atom is -0.307 e. The van der Waals surface area contributed by atoms with Crippen molar-refractivity contribution in [3.05, 3.63) is 0 Å². The molecule has 1 rings (SSSR count). The van der Waals surface area contributed by atoms with Crippen LogP contribution in [0.4, 0.5) is 0 Å². The van der Waals surface area contributed by atoms with E-state index in [1.54, 1.807) is 0 Å². The molecule has 1 atom stereocenters. The lowest BCUT2D eigenvalue weighted by Gasteiger charge is -2.20. The van der Waals surface area contributed by atoms with E-state index in [-0.39, 0.29) is 0 Å². The van der Waals surface area contributed by atoms with E-state index in [4.69, 9.17) is 6.42 Å². The zero-order valence-corrected chi connectivity index (χ0v) is 7.97. The lowest BCUT2D eigenvalue weighted by Crippen LogP contribution is -2.31. The highest BCUT2D eigenvalue weighted by molar-refractivity contribution is 5.01. The Bertz CT molecular complexity index is 149. The summed E-state index contributed by atoms with van der Waals surface area (Å²) in [6.45, 7) is 0. The summed E-state index contributed by atoms with van der Waals surface area (Å²) in [6.07, 6.45) is 13.6. The maximum Gasteiger partial charge on any atom is 0.0713 e. The Labute approximate surface area is 75.9 Å². The Morgan fingerprint density at radius 2 is 1.83 bits per heavy atom. The van der Waals surface area contributed by atoms with Crippen LogP contribution in [0.5, 0.6) is 0 Å². The number of hydrogen-bond acceptors (Lipinski definition) is 1. The first-order chi connectivity index (χ1) is 5.88. The molecular weight excluding hydrogens is 146 g/mol. The van der Waals surface area contributed by atoms with E-state index in [1.165, 1.54) is 38.5 Å². The summed E-state index contributed by atoms with van der Waals surface area (Å²) >= 11 is 0. The third-order valence-corrected chi connectivity index (χ3v) is 2.86. The molecule has 0 aromatic heterocycles. The standard InChI is InChI=1S/C11H19N/c1-3-11(12-2)10-8-6-4-5-7-9-10/h1,10-12H,4-9H2,2H3. The second-order valence-electron chi connectivity index (χ2n) is 3.68. The van der Waals surface area contributed by atoms with Gasteiger partial charge in [0.05, 0.1) is 6.04 Å². The van der Waals surface area contributed by atoms with Gasteiger partial charge in [0.1, 0.15) is 0 Å². The van der Waals surface area contributed by atoms with Crippen molar-refractivity contribution in [3.8, 4) is 12.3 Å². The molecule has 0 aromatic rings. The van der Waals surface area contributed by atoms with E-state index >= 15 is 0 Å². The molecule has 12 heavy (non-hydrogen) atoms. The highest BCUT2D eigenvalue weighted by Gasteiger charge is 2.18. The van der Waals surface area contributed by atoms with Crippen molar-refractivity contribution in [2.24, 2.45) is 5.92 Å². The average Bonchev–Trinajstić information content (AvgIpc) is 2.35. The number of hydrogen-bond donors (Lipinski definition) is 1. The Balaban J connectivity index is 2.42. The minimum atomic E-state index is 0.308. The molecule has 68 valence electrons. The van der Waals surface area contributed by atoms with Gasteiger partial charge < -0.3 is 5.32 Å². The van der Waals surface area contributed by atoms with E-state index in [1.807, 2.05) is 7.05 Å². The van der Waals surface area contributed by atoms with E-state index in [0.717, 1.165) is 5.92 Å². The maximum absolute atomic E-state index is 5.45. The topological polar surface area (TPSA) is 12.0 Å². The fraction of sp³-hybridized carbons (Fsp3) is 0.818.